The number of rotatable bonds is 5. The molecule has 0 aliphatic rings. The van der Waals surface area contributed by atoms with Gasteiger partial charge in [0.1, 0.15) is 4.90 Å². The van der Waals surface area contributed by atoms with Crippen LogP contribution in [0.1, 0.15) is 11.6 Å². The van der Waals surface area contributed by atoms with Gasteiger partial charge in [-0.05, 0) is 23.8 Å². The summed E-state index contributed by atoms with van der Waals surface area (Å²) < 4.78 is 27.4. The largest absolute Gasteiger partial charge is 0.242 e. The lowest BCUT2D eigenvalue weighted by Crippen LogP contribution is -2.30. The fraction of sp³-hybridized carbons (Fsp3) is 0.143. The topological polar surface area (TPSA) is 46.2 Å². The third kappa shape index (κ3) is 4.11. The van der Waals surface area contributed by atoms with Crippen molar-refractivity contribution in [2.24, 2.45) is 0 Å². The molecule has 0 heterocycles. The van der Waals surface area contributed by atoms with E-state index in [9.17, 15) is 8.42 Å². The summed E-state index contributed by atoms with van der Waals surface area (Å²) in [5.41, 5.74) is 0.772. The lowest BCUT2D eigenvalue weighted by molar-refractivity contribution is 0.568. The van der Waals surface area contributed by atoms with Gasteiger partial charge in [-0.3, -0.25) is 0 Å². The average Bonchev–Trinajstić information content (AvgIpc) is 2.48. The van der Waals surface area contributed by atoms with Gasteiger partial charge in [-0.1, -0.05) is 53.5 Å². The number of alkyl halides is 1. The number of hydrogen-bond acceptors (Lipinski definition) is 2. The Morgan fingerprint density at radius 3 is 2.33 bits per heavy atom. The second kappa shape index (κ2) is 6.99. The number of nitrogens with one attached hydrogen (secondary N) is 1. The van der Waals surface area contributed by atoms with Crippen LogP contribution in [0.5, 0.6) is 0 Å². The van der Waals surface area contributed by atoms with Crippen molar-refractivity contribution >= 4 is 44.8 Å². The molecular weight excluding hydrogens is 353 g/mol. The van der Waals surface area contributed by atoms with Gasteiger partial charge >= 0.3 is 0 Å². The second-order valence-electron chi connectivity index (χ2n) is 4.31. The van der Waals surface area contributed by atoms with Crippen LogP contribution in [0.25, 0.3) is 0 Å². The van der Waals surface area contributed by atoms with E-state index < -0.39 is 16.1 Å². The molecule has 1 unspecified atom stereocenters. The molecule has 0 spiro atoms. The molecule has 21 heavy (non-hydrogen) atoms. The van der Waals surface area contributed by atoms with Gasteiger partial charge in [-0.15, -0.1) is 11.6 Å². The standard InChI is InChI=1S/C14H12Cl3NO2S/c15-9-13(10-4-2-1-3-5-10)18-21(19,20)14-8-11(16)6-7-12(14)17/h1-8,13,18H,9H2. The summed E-state index contributed by atoms with van der Waals surface area (Å²) in [6, 6.07) is 12.8. The molecule has 3 nitrogen and oxygen atoms in total. The second-order valence-corrected chi connectivity index (χ2v) is 7.15. The first-order valence-corrected chi connectivity index (χ1v) is 8.79. The van der Waals surface area contributed by atoms with Crippen LogP contribution in [-0.4, -0.2) is 14.3 Å². The zero-order valence-corrected chi connectivity index (χ0v) is 13.8. The number of benzene rings is 2. The van der Waals surface area contributed by atoms with Crippen molar-refractivity contribution < 1.29 is 8.42 Å². The zero-order valence-electron chi connectivity index (χ0n) is 10.8. The van der Waals surface area contributed by atoms with Gasteiger partial charge in [-0.2, -0.15) is 0 Å². The van der Waals surface area contributed by atoms with Crippen LogP contribution < -0.4 is 4.72 Å². The Hall–Kier alpha value is -0.780. The van der Waals surface area contributed by atoms with E-state index in [0.717, 1.165) is 5.56 Å². The van der Waals surface area contributed by atoms with Crippen molar-refractivity contribution in [1.29, 1.82) is 0 Å². The first-order chi connectivity index (χ1) is 9.94. The summed E-state index contributed by atoms with van der Waals surface area (Å²) in [7, 11) is -3.82. The van der Waals surface area contributed by atoms with Gasteiger partial charge in [0.05, 0.1) is 11.1 Å². The van der Waals surface area contributed by atoms with E-state index in [1.54, 1.807) is 12.1 Å². The molecule has 0 saturated carbocycles. The Morgan fingerprint density at radius 1 is 1.05 bits per heavy atom. The molecule has 0 amide bonds. The van der Waals surface area contributed by atoms with Crippen molar-refractivity contribution in [1.82, 2.24) is 4.72 Å². The maximum atomic E-state index is 12.4. The van der Waals surface area contributed by atoms with Crippen molar-refractivity contribution in [2.45, 2.75) is 10.9 Å². The van der Waals surface area contributed by atoms with Gasteiger partial charge in [-0.25, -0.2) is 13.1 Å². The van der Waals surface area contributed by atoms with E-state index in [1.807, 2.05) is 18.2 Å². The van der Waals surface area contributed by atoms with Crippen LogP contribution in [0.3, 0.4) is 0 Å². The monoisotopic (exact) mass is 363 g/mol. The smallest absolute Gasteiger partial charge is 0.207 e. The van der Waals surface area contributed by atoms with Gasteiger partial charge in [0.25, 0.3) is 0 Å². The molecule has 2 rings (SSSR count). The van der Waals surface area contributed by atoms with E-state index in [-0.39, 0.29) is 15.8 Å². The highest BCUT2D eigenvalue weighted by atomic mass is 35.5. The van der Waals surface area contributed by atoms with Crippen LogP contribution in [0.2, 0.25) is 10.0 Å². The third-order valence-electron chi connectivity index (χ3n) is 2.84. The SMILES string of the molecule is O=S(=O)(NC(CCl)c1ccccc1)c1cc(Cl)ccc1Cl. The molecule has 1 atom stereocenters. The number of hydrogen-bond donors (Lipinski definition) is 1. The molecule has 1 N–H and O–H groups in total. The predicted octanol–water partition coefficient (Wildman–Crippen LogP) is 4.25. The van der Waals surface area contributed by atoms with E-state index in [1.165, 1.54) is 18.2 Å². The van der Waals surface area contributed by atoms with Crippen molar-refractivity contribution in [3.8, 4) is 0 Å². The van der Waals surface area contributed by atoms with Crippen LogP contribution in [-0.2, 0) is 10.0 Å². The van der Waals surface area contributed by atoms with Gasteiger partial charge in [0, 0.05) is 10.9 Å². The fourth-order valence-electron chi connectivity index (χ4n) is 1.81. The molecule has 0 saturated heterocycles. The molecule has 7 heteroatoms. The minimum absolute atomic E-state index is 0.0669. The van der Waals surface area contributed by atoms with Crippen molar-refractivity contribution in [2.75, 3.05) is 5.88 Å². The first kappa shape index (κ1) is 16.6. The Balaban J connectivity index is 2.34. The minimum atomic E-state index is -3.82. The number of halogens is 3. The summed E-state index contributed by atoms with van der Waals surface area (Å²) >= 11 is 17.7. The first-order valence-electron chi connectivity index (χ1n) is 6.02. The summed E-state index contributed by atoms with van der Waals surface area (Å²) in [5, 5.41) is 0.398. The van der Waals surface area contributed by atoms with E-state index in [0.29, 0.717) is 5.02 Å². The van der Waals surface area contributed by atoms with E-state index >= 15 is 0 Å². The zero-order chi connectivity index (χ0) is 15.5. The molecule has 0 aromatic heterocycles. The normalized spacial score (nSPS) is 13.1. The maximum Gasteiger partial charge on any atom is 0.242 e. The van der Waals surface area contributed by atoms with Crippen molar-refractivity contribution in [3.63, 3.8) is 0 Å². The summed E-state index contributed by atoms with van der Waals surface area (Å²) in [6.07, 6.45) is 0. The highest BCUT2D eigenvalue weighted by Gasteiger charge is 2.23. The summed E-state index contributed by atoms with van der Waals surface area (Å²) in [5.74, 6) is 0.0986. The quantitative estimate of drug-likeness (QED) is 0.806. The third-order valence-corrected chi connectivity index (χ3v) is 5.33. The Bertz CT molecular complexity index is 720. The average molecular weight is 365 g/mol. The molecule has 112 valence electrons. The van der Waals surface area contributed by atoms with E-state index in [2.05, 4.69) is 4.72 Å². The highest BCUT2D eigenvalue weighted by molar-refractivity contribution is 7.89. The lowest BCUT2D eigenvalue weighted by Gasteiger charge is -2.17. The van der Waals surface area contributed by atoms with Gasteiger partial charge < -0.3 is 0 Å². The molecule has 2 aromatic carbocycles. The van der Waals surface area contributed by atoms with Crippen LogP contribution in [0.15, 0.2) is 53.4 Å². The summed E-state index contributed by atoms with van der Waals surface area (Å²) in [4.78, 5) is -0.0669. The van der Waals surface area contributed by atoms with Crippen LogP contribution in [0, 0.1) is 0 Å². The molecule has 0 bridgehead atoms. The van der Waals surface area contributed by atoms with Crippen LogP contribution in [0.4, 0.5) is 0 Å². The fourth-order valence-corrected chi connectivity index (χ4v) is 4.14. The molecule has 0 fully saturated rings. The highest BCUT2D eigenvalue weighted by Crippen LogP contribution is 2.26. The molecule has 2 aromatic rings. The number of sulfonamides is 1. The molecule has 0 aliphatic carbocycles. The van der Waals surface area contributed by atoms with Gasteiger partial charge in [0.2, 0.25) is 10.0 Å². The van der Waals surface area contributed by atoms with Gasteiger partial charge in [0.15, 0.2) is 0 Å². The Labute approximate surface area is 138 Å². The predicted molar refractivity (Wildman–Crippen MR) is 86.7 cm³/mol. The molecule has 0 radical (unpaired) electrons. The molecular formula is C14H12Cl3NO2S. The maximum absolute atomic E-state index is 12.4. The lowest BCUT2D eigenvalue weighted by atomic mass is 10.1. The Morgan fingerprint density at radius 2 is 1.71 bits per heavy atom. The van der Waals surface area contributed by atoms with E-state index in [4.69, 9.17) is 34.8 Å². The Kier molecular flexibility index (Phi) is 5.52. The molecule has 0 aliphatic heterocycles. The summed E-state index contributed by atoms with van der Waals surface area (Å²) in [6.45, 7) is 0. The van der Waals surface area contributed by atoms with Crippen LogP contribution >= 0.6 is 34.8 Å². The minimum Gasteiger partial charge on any atom is -0.207 e. The van der Waals surface area contributed by atoms with Crippen molar-refractivity contribution in [3.05, 3.63) is 64.1 Å².